The molecule has 1 aliphatic carbocycles. The van der Waals surface area contributed by atoms with E-state index in [4.69, 9.17) is 0 Å². The molecule has 2 aromatic rings. The topological polar surface area (TPSA) is 20.2 Å². The third kappa shape index (κ3) is 5.40. The van der Waals surface area contributed by atoms with Gasteiger partial charge in [-0.3, -0.25) is 0 Å². The van der Waals surface area contributed by atoms with Crippen LogP contribution in [0.25, 0.3) is 11.1 Å². The fourth-order valence-electron chi connectivity index (χ4n) is 3.51. The molecule has 0 saturated heterocycles. The number of hydrogen-bond acceptors (Lipinski definition) is 1. The highest BCUT2D eigenvalue weighted by Gasteiger charge is 2.17. The summed E-state index contributed by atoms with van der Waals surface area (Å²) in [6, 6.07) is 16.3. The largest absolute Gasteiger partial charge is 0.508 e. The highest BCUT2D eigenvalue weighted by Crippen LogP contribution is 2.31. The predicted octanol–water partition coefficient (Wildman–Crippen LogP) is 6.84. The molecule has 2 aromatic carbocycles. The van der Waals surface area contributed by atoms with Crippen molar-refractivity contribution in [2.75, 3.05) is 0 Å². The number of benzene rings is 2. The van der Waals surface area contributed by atoms with Crippen molar-refractivity contribution in [1.82, 2.24) is 0 Å². The number of phenolic OH excluding ortho intramolecular Hbond substituents is 1. The molecular weight excluding hydrogens is 292 g/mol. The lowest BCUT2D eigenvalue weighted by Gasteiger charge is -2.26. The van der Waals surface area contributed by atoms with Gasteiger partial charge in [-0.25, -0.2) is 0 Å². The Morgan fingerprint density at radius 2 is 1.29 bits per heavy atom. The van der Waals surface area contributed by atoms with E-state index < -0.39 is 0 Å². The van der Waals surface area contributed by atoms with Gasteiger partial charge < -0.3 is 5.11 Å². The zero-order valence-electron chi connectivity index (χ0n) is 15.5. The average molecular weight is 325 g/mol. The molecule has 1 nitrogen and oxygen atoms in total. The normalized spacial score (nSPS) is 20.1. The Hall–Kier alpha value is -1.76. The lowest BCUT2D eigenvalue weighted by Crippen LogP contribution is -2.12. The van der Waals surface area contributed by atoms with E-state index in [1.165, 1.54) is 49.7 Å². The Morgan fingerprint density at radius 3 is 1.83 bits per heavy atom. The van der Waals surface area contributed by atoms with Crippen LogP contribution < -0.4 is 0 Å². The molecule has 24 heavy (non-hydrogen) atoms. The minimum atomic E-state index is 0.321. The van der Waals surface area contributed by atoms with Crippen LogP contribution in [0.2, 0.25) is 0 Å². The van der Waals surface area contributed by atoms with Crippen molar-refractivity contribution in [2.45, 2.75) is 59.3 Å². The van der Waals surface area contributed by atoms with Gasteiger partial charge in [-0.2, -0.15) is 0 Å². The summed E-state index contributed by atoms with van der Waals surface area (Å²) in [5, 5.41) is 9.36. The summed E-state index contributed by atoms with van der Waals surface area (Å²) in [6.45, 7) is 6.39. The van der Waals surface area contributed by atoms with Gasteiger partial charge in [0, 0.05) is 0 Å². The predicted molar refractivity (Wildman–Crippen MR) is 104 cm³/mol. The highest BCUT2D eigenvalue weighted by atomic mass is 16.3. The van der Waals surface area contributed by atoms with Crippen LogP contribution >= 0.6 is 0 Å². The zero-order valence-corrected chi connectivity index (χ0v) is 15.5. The second kappa shape index (κ2) is 9.52. The van der Waals surface area contributed by atoms with Gasteiger partial charge in [0.2, 0.25) is 0 Å². The van der Waals surface area contributed by atoms with E-state index in [1.54, 1.807) is 12.1 Å². The molecule has 1 aliphatic rings. The summed E-state index contributed by atoms with van der Waals surface area (Å²) < 4.78 is 0. The Morgan fingerprint density at radius 1 is 0.792 bits per heavy atom. The second-order valence-corrected chi connectivity index (χ2v) is 6.91. The van der Waals surface area contributed by atoms with Crippen molar-refractivity contribution in [3.05, 3.63) is 54.1 Å². The summed E-state index contributed by atoms with van der Waals surface area (Å²) in [6.07, 6.45) is 8.23. The van der Waals surface area contributed by atoms with E-state index in [0.29, 0.717) is 5.75 Å². The summed E-state index contributed by atoms with van der Waals surface area (Å²) in [4.78, 5) is 0. The fraction of sp³-hybridized carbons (Fsp3) is 0.478. The summed E-state index contributed by atoms with van der Waals surface area (Å²) in [7, 11) is 0. The maximum Gasteiger partial charge on any atom is 0.115 e. The second-order valence-electron chi connectivity index (χ2n) is 6.91. The number of aromatic hydroxyl groups is 1. The lowest BCUT2D eigenvalue weighted by atomic mass is 9.80. The number of phenols is 1. The van der Waals surface area contributed by atoms with Crippen LogP contribution in [-0.4, -0.2) is 5.11 Å². The van der Waals surface area contributed by atoms with Gasteiger partial charge >= 0.3 is 0 Å². The molecule has 0 aliphatic heterocycles. The molecule has 0 atom stereocenters. The lowest BCUT2D eigenvalue weighted by molar-refractivity contribution is 0.278. The molecular formula is C23H32O. The van der Waals surface area contributed by atoms with Gasteiger partial charge in [0.05, 0.1) is 0 Å². The van der Waals surface area contributed by atoms with Crippen molar-refractivity contribution < 1.29 is 5.11 Å². The van der Waals surface area contributed by atoms with Crippen molar-refractivity contribution in [3.8, 4) is 16.9 Å². The Kier molecular flexibility index (Phi) is 7.36. The van der Waals surface area contributed by atoms with E-state index in [-0.39, 0.29) is 0 Å². The molecule has 0 spiro atoms. The zero-order chi connectivity index (χ0) is 17.4. The van der Waals surface area contributed by atoms with Gasteiger partial charge in [-0.1, -0.05) is 82.9 Å². The Balaban J connectivity index is 0.00000100. The van der Waals surface area contributed by atoms with Crippen molar-refractivity contribution in [1.29, 1.82) is 0 Å². The summed E-state index contributed by atoms with van der Waals surface area (Å²) in [5.41, 5.74) is 3.82. The summed E-state index contributed by atoms with van der Waals surface area (Å²) >= 11 is 0. The third-order valence-corrected chi connectivity index (χ3v) is 5.13. The van der Waals surface area contributed by atoms with Crippen molar-refractivity contribution >= 4 is 0 Å². The molecule has 0 unspecified atom stereocenters. The first kappa shape index (κ1) is 18.6. The van der Waals surface area contributed by atoms with E-state index >= 15 is 0 Å². The molecule has 0 bridgehead atoms. The molecule has 1 saturated carbocycles. The minimum absolute atomic E-state index is 0.321. The van der Waals surface area contributed by atoms with Crippen molar-refractivity contribution in [3.63, 3.8) is 0 Å². The van der Waals surface area contributed by atoms with Crippen LogP contribution in [0.5, 0.6) is 5.75 Å². The van der Waals surface area contributed by atoms with Gasteiger partial charge in [0.25, 0.3) is 0 Å². The maximum atomic E-state index is 9.36. The molecule has 1 N–H and O–H groups in total. The van der Waals surface area contributed by atoms with Crippen LogP contribution in [0.15, 0.2) is 48.5 Å². The van der Waals surface area contributed by atoms with Gasteiger partial charge in [-0.15, -0.1) is 0 Å². The smallest absolute Gasteiger partial charge is 0.115 e. The SMILES string of the molecule is CC.CC1CCC(CCc2ccc(-c3ccc(O)cc3)cc2)CC1. The first-order valence-corrected chi connectivity index (χ1v) is 9.59. The highest BCUT2D eigenvalue weighted by molar-refractivity contribution is 5.64. The first-order chi connectivity index (χ1) is 11.7. The molecule has 3 rings (SSSR count). The van der Waals surface area contributed by atoms with Gasteiger partial charge in [0.15, 0.2) is 0 Å². The Labute approximate surface area is 147 Å². The molecule has 0 heterocycles. The molecule has 0 amide bonds. The van der Waals surface area contributed by atoms with Crippen LogP contribution in [0.3, 0.4) is 0 Å². The quantitative estimate of drug-likeness (QED) is 0.652. The van der Waals surface area contributed by atoms with E-state index in [2.05, 4.69) is 31.2 Å². The average Bonchev–Trinajstić information content (AvgIpc) is 2.64. The number of aryl methyl sites for hydroxylation is 1. The fourth-order valence-corrected chi connectivity index (χ4v) is 3.51. The standard InChI is InChI=1S/C21H26O.C2H6/c1-16-2-4-17(5-3-16)6-7-18-8-10-19(11-9-18)20-12-14-21(22)15-13-20;1-2/h8-17,22H,2-7H2,1H3;1-2H3. The molecule has 0 aromatic heterocycles. The molecule has 130 valence electrons. The molecule has 1 fully saturated rings. The Bertz CT molecular complexity index is 574. The van der Waals surface area contributed by atoms with E-state index in [0.717, 1.165) is 17.4 Å². The van der Waals surface area contributed by atoms with Crippen LogP contribution in [-0.2, 0) is 6.42 Å². The summed E-state index contributed by atoms with van der Waals surface area (Å²) in [5.74, 6) is 2.20. The number of hydrogen-bond donors (Lipinski definition) is 1. The van der Waals surface area contributed by atoms with Gasteiger partial charge in [0.1, 0.15) is 5.75 Å². The van der Waals surface area contributed by atoms with Crippen LogP contribution in [0.1, 0.15) is 58.4 Å². The first-order valence-electron chi connectivity index (χ1n) is 9.59. The van der Waals surface area contributed by atoms with E-state index in [9.17, 15) is 5.11 Å². The van der Waals surface area contributed by atoms with Crippen molar-refractivity contribution in [2.24, 2.45) is 11.8 Å². The monoisotopic (exact) mass is 324 g/mol. The number of rotatable bonds is 4. The van der Waals surface area contributed by atoms with Gasteiger partial charge in [-0.05, 0) is 53.5 Å². The minimum Gasteiger partial charge on any atom is -0.508 e. The van der Waals surface area contributed by atoms with Crippen LogP contribution in [0, 0.1) is 11.8 Å². The maximum absolute atomic E-state index is 9.36. The molecule has 1 heteroatoms. The van der Waals surface area contributed by atoms with E-state index in [1.807, 2.05) is 26.0 Å². The third-order valence-electron chi connectivity index (χ3n) is 5.13. The molecule has 0 radical (unpaired) electrons. The van der Waals surface area contributed by atoms with Crippen LogP contribution in [0.4, 0.5) is 0 Å².